The van der Waals surface area contributed by atoms with E-state index in [1.165, 1.54) is 17.7 Å². The Morgan fingerprint density at radius 3 is 3.00 bits per heavy atom. The lowest BCUT2D eigenvalue weighted by atomic mass is 10.0. The summed E-state index contributed by atoms with van der Waals surface area (Å²) in [6.45, 7) is 6.32. The van der Waals surface area contributed by atoms with E-state index in [1.807, 2.05) is 4.90 Å². The molecule has 0 unspecified atom stereocenters. The maximum absolute atomic E-state index is 13.3. The summed E-state index contributed by atoms with van der Waals surface area (Å²) in [5.41, 5.74) is 1.15. The summed E-state index contributed by atoms with van der Waals surface area (Å²) in [4.78, 5) is 35.1. The highest BCUT2D eigenvalue weighted by molar-refractivity contribution is 8.01. The summed E-state index contributed by atoms with van der Waals surface area (Å²) >= 11 is 3.36. The van der Waals surface area contributed by atoms with Crippen LogP contribution >= 0.6 is 23.1 Å². The van der Waals surface area contributed by atoms with Crippen LogP contribution in [0.15, 0.2) is 12.7 Å². The monoisotopic (exact) mass is 377 g/mol. The van der Waals surface area contributed by atoms with Crippen LogP contribution in [0.2, 0.25) is 0 Å². The van der Waals surface area contributed by atoms with Gasteiger partial charge < -0.3 is 4.90 Å². The summed E-state index contributed by atoms with van der Waals surface area (Å²) in [6, 6.07) is -0.383. The Hall–Kier alpha value is -1.34. The van der Waals surface area contributed by atoms with E-state index in [9.17, 15) is 9.59 Å². The smallest absolute Gasteiger partial charge is 0.252 e. The van der Waals surface area contributed by atoms with Crippen LogP contribution in [0.3, 0.4) is 0 Å². The van der Waals surface area contributed by atoms with E-state index in [0.29, 0.717) is 18.7 Å². The van der Waals surface area contributed by atoms with Gasteiger partial charge in [-0.15, -0.1) is 29.7 Å². The number of carbonyl (C=O) groups excluding carboxylic acids is 2. The van der Waals surface area contributed by atoms with E-state index in [2.05, 4.69) is 13.5 Å². The van der Waals surface area contributed by atoms with Crippen LogP contribution in [-0.2, 0) is 22.4 Å². The third-order valence-electron chi connectivity index (χ3n) is 5.37. The Bertz CT molecular complexity index is 708. The number of hydrogen-bond donors (Lipinski definition) is 0. The van der Waals surface area contributed by atoms with Gasteiger partial charge in [-0.1, -0.05) is 6.08 Å². The number of fused-ring (bicyclic) bond motifs is 2. The van der Waals surface area contributed by atoms with Gasteiger partial charge in [-0.2, -0.15) is 0 Å². The Balaban J connectivity index is 1.62. The van der Waals surface area contributed by atoms with Gasteiger partial charge in [0.25, 0.3) is 5.91 Å². The zero-order valence-electron chi connectivity index (χ0n) is 14.5. The molecule has 0 spiro atoms. The second-order valence-corrected chi connectivity index (χ2v) is 9.64. The van der Waals surface area contributed by atoms with Gasteiger partial charge in [0.2, 0.25) is 5.91 Å². The summed E-state index contributed by atoms with van der Waals surface area (Å²) < 4.78 is 0. The number of amides is 2. The van der Waals surface area contributed by atoms with Gasteiger partial charge in [0.05, 0.1) is 10.6 Å². The van der Waals surface area contributed by atoms with Gasteiger partial charge in [0.15, 0.2) is 5.13 Å². The predicted octanol–water partition coefficient (Wildman–Crippen LogP) is 2.99. The number of thiazole rings is 1. The van der Waals surface area contributed by atoms with Crippen molar-refractivity contribution in [3.05, 3.63) is 23.2 Å². The van der Waals surface area contributed by atoms with Crippen LogP contribution in [-0.4, -0.2) is 44.9 Å². The number of nitrogens with zero attached hydrogens (tertiary/aromatic N) is 3. The van der Waals surface area contributed by atoms with Crippen LogP contribution in [0, 0.1) is 0 Å². The molecule has 4 rings (SSSR count). The number of thioether (sulfide) groups is 1. The second-order valence-electron chi connectivity index (χ2n) is 7.08. The molecule has 1 aromatic rings. The molecule has 1 aliphatic carbocycles. The molecule has 134 valence electrons. The third kappa shape index (κ3) is 2.81. The molecule has 7 heteroatoms. The lowest BCUT2D eigenvalue weighted by Gasteiger charge is -2.32. The van der Waals surface area contributed by atoms with E-state index in [4.69, 9.17) is 4.98 Å². The van der Waals surface area contributed by atoms with Crippen molar-refractivity contribution in [2.45, 2.75) is 56.4 Å². The fourth-order valence-electron chi connectivity index (χ4n) is 4.03. The first-order chi connectivity index (χ1) is 12.0. The molecule has 0 bridgehead atoms. The number of hydrogen-bond acceptors (Lipinski definition) is 5. The highest BCUT2D eigenvalue weighted by Gasteiger charge is 2.53. The maximum atomic E-state index is 13.3. The molecule has 2 saturated heterocycles. The average Bonchev–Trinajstić information content (AvgIpc) is 3.25. The van der Waals surface area contributed by atoms with Crippen molar-refractivity contribution in [2.75, 3.05) is 17.2 Å². The van der Waals surface area contributed by atoms with Crippen LogP contribution in [0.4, 0.5) is 5.13 Å². The fraction of sp³-hybridized carbons (Fsp3) is 0.611. The van der Waals surface area contributed by atoms with Gasteiger partial charge in [0.1, 0.15) is 6.04 Å². The van der Waals surface area contributed by atoms with Crippen molar-refractivity contribution < 1.29 is 9.59 Å². The van der Waals surface area contributed by atoms with E-state index >= 15 is 0 Å². The molecule has 2 fully saturated rings. The van der Waals surface area contributed by atoms with Crippen LogP contribution in [0.25, 0.3) is 0 Å². The Morgan fingerprint density at radius 1 is 1.44 bits per heavy atom. The highest BCUT2D eigenvalue weighted by atomic mass is 32.2. The van der Waals surface area contributed by atoms with Crippen molar-refractivity contribution in [2.24, 2.45) is 0 Å². The first kappa shape index (κ1) is 17.1. The molecule has 5 nitrogen and oxygen atoms in total. The molecule has 3 heterocycles. The summed E-state index contributed by atoms with van der Waals surface area (Å²) in [5, 5.41) is 0.766. The minimum absolute atomic E-state index is 0.0162. The second kappa shape index (κ2) is 6.43. The third-order valence-corrected chi connectivity index (χ3v) is 8.06. The van der Waals surface area contributed by atoms with Gasteiger partial charge in [-0.3, -0.25) is 14.5 Å². The molecular weight excluding hydrogens is 354 g/mol. The fourth-order valence-corrected chi connectivity index (χ4v) is 6.61. The van der Waals surface area contributed by atoms with Crippen molar-refractivity contribution in [3.8, 4) is 0 Å². The number of aromatic nitrogens is 1. The molecule has 2 aliphatic heterocycles. The molecule has 0 saturated carbocycles. The van der Waals surface area contributed by atoms with Crippen LogP contribution in [0.5, 0.6) is 0 Å². The minimum atomic E-state index is -0.383. The molecular formula is C18H23N3O2S2. The summed E-state index contributed by atoms with van der Waals surface area (Å²) in [6.07, 6.45) is 7.55. The predicted molar refractivity (Wildman–Crippen MR) is 102 cm³/mol. The van der Waals surface area contributed by atoms with Crippen molar-refractivity contribution in [1.29, 1.82) is 0 Å². The molecule has 2 atom stereocenters. The van der Waals surface area contributed by atoms with Crippen LogP contribution in [0.1, 0.15) is 43.2 Å². The van der Waals surface area contributed by atoms with Gasteiger partial charge in [0, 0.05) is 23.6 Å². The lowest BCUT2D eigenvalue weighted by Crippen LogP contribution is -2.51. The van der Waals surface area contributed by atoms with Crippen molar-refractivity contribution in [3.63, 3.8) is 0 Å². The topological polar surface area (TPSA) is 53.5 Å². The normalized spacial score (nSPS) is 28.0. The lowest BCUT2D eigenvalue weighted by molar-refractivity contribution is -0.136. The zero-order chi connectivity index (χ0) is 17.6. The zero-order valence-corrected chi connectivity index (χ0v) is 16.1. The number of carbonyl (C=O) groups is 2. The number of rotatable bonds is 4. The number of aryl methyl sites for hydroxylation is 2. The Kier molecular flexibility index (Phi) is 4.40. The molecule has 0 aromatic carbocycles. The van der Waals surface area contributed by atoms with Crippen molar-refractivity contribution >= 4 is 40.0 Å². The van der Waals surface area contributed by atoms with E-state index in [-0.39, 0.29) is 22.7 Å². The van der Waals surface area contributed by atoms with E-state index < -0.39 is 0 Å². The summed E-state index contributed by atoms with van der Waals surface area (Å²) in [5.74, 6) is 0.750. The van der Waals surface area contributed by atoms with Gasteiger partial charge in [-0.05, 0) is 39.0 Å². The molecule has 0 N–H and O–H groups in total. The average molecular weight is 378 g/mol. The largest absolute Gasteiger partial charge is 0.315 e. The molecule has 2 amide bonds. The SMILES string of the molecule is C=CCN(C(=O)[C@H]1CS[C@@]2(C)CCC(=O)N12)c1nc2c(s1)CCCC2. The van der Waals surface area contributed by atoms with Crippen molar-refractivity contribution in [1.82, 2.24) is 9.88 Å². The Labute approximate surface area is 156 Å². The molecule has 0 radical (unpaired) electrons. The maximum Gasteiger partial charge on any atom is 0.252 e. The molecule has 1 aromatic heterocycles. The van der Waals surface area contributed by atoms with Gasteiger partial charge >= 0.3 is 0 Å². The van der Waals surface area contributed by atoms with Gasteiger partial charge in [-0.25, -0.2) is 4.98 Å². The van der Waals surface area contributed by atoms with Crippen LogP contribution < -0.4 is 4.90 Å². The minimum Gasteiger partial charge on any atom is -0.315 e. The first-order valence-electron chi connectivity index (χ1n) is 8.90. The standard InChI is InChI=1S/C18H23N3O2S2/c1-3-10-20(17-19-12-6-4-5-7-14(12)25-17)16(23)13-11-24-18(2)9-8-15(22)21(13)18/h3,13H,1,4-11H2,2H3/t13-,18+/m1/s1. The first-order valence-corrected chi connectivity index (χ1v) is 10.7. The Morgan fingerprint density at radius 2 is 2.24 bits per heavy atom. The van der Waals surface area contributed by atoms with E-state index in [0.717, 1.165) is 30.1 Å². The molecule has 3 aliphatic rings. The highest BCUT2D eigenvalue weighted by Crippen LogP contribution is 2.47. The molecule has 25 heavy (non-hydrogen) atoms. The quantitative estimate of drug-likeness (QED) is 0.757. The summed E-state index contributed by atoms with van der Waals surface area (Å²) in [7, 11) is 0. The number of anilines is 1. The van der Waals surface area contributed by atoms with E-state index in [1.54, 1.807) is 34.1 Å².